The van der Waals surface area contributed by atoms with Crippen molar-refractivity contribution in [2.75, 3.05) is 13.2 Å². The lowest BCUT2D eigenvalue weighted by molar-refractivity contribution is -0.155. The standard InChI is InChI=1S/C43H49N2O7PSi/c1-30(52-54(5,6)43(2,3)4)38-36(28-37(46)32-24-22-31(23-25-32)29-44-26-27-51-42(44)50)45(39(38)47)40(41(48)49)53(33-16-10-7-11-17-33,34-18-12-8-13-19-34)35-20-14-9-15-21-35/h7-25,30,36,38H,26-29H2,1-6H3,(H,48,49)/t30-,36-,38-/m1/s1. The van der Waals surface area contributed by atoms with Gasteiger partial charge in [0.1, 0.15) is 12.0 Å². The number of ether oxygens (including phenoxy) is 1. The zero-order valence-electron chi connectivity index (χ0n) is 31.8. The van der Waals surface area contributed by atoms with Crippen LogP contribution in [0.5, 0.6) is 0 Å². The highest BCUT2D eigenvalue weighted by Crippen LogP contribution is 2.50. The molecule has 0 radical (unpaired) electrons. The van der Waals surface area contributed by atoms with Gasteiger partial charge < -0.3 is 24.1 Å². The Morgan fingerprint density at radius 1 is 0.852 bits per heavy atom. The minimum absolute atomic E-state index is 0.0301. The third kappa shape index (κ3) is 7.35. The third-order valence-electron chi connectivity index (χ3n) is 11.1. The third-order valence-corrected chi connectivity index (χ3v) is 20.0. The number of amides is 2. The quantitative estimate of drug-likeness (QED) is 0.0702. The van der Waals surface area contributed by atoms with Crippen molar-refractivity contribution in [2.45, 2.75) is 70.9 Å². The molecule has 2 heterocycles. The van der Waals surface area contributed by atoms with Crippen molar-refractivity contribution in [1.29, 1.82) is 0 Å². The first-order valence-corrected chi connectivity index (χ1v) is 23.1. The second-order valence-corrected chi connectivity index (χ2v) is 23.6. The van der Waals surface area contributed by atoms with Crippen LogP contribution in [0.4, 0.5) is 4.79 Å². The van der Waals surface area contributed by atoms with Gasteiger partial charge in [-0.2, -0.15) is 0 Å². The zero-order chi connectivity index (χ0) is 38.8. The first kappa shape index (κ1) is 38.9. The van der Waals surface area contributed by atoms with Crippen molar-refractivity contribution < 1.29 is 33.4 Å². The molecule has 1 N–H and O–H groups in total. The summed E-state index contributed by atoms with van der Waals surface area (Å²) in [5.74, 6) is -2.55. The van der Waals surface area contributed by atoms with Gasteiger partial charge in [-0.3, -0.25) is 9.59 Å². The minimum atomic E-state index is -3.25. The van der Waals surface area contributed by atoms with E-state index in [1.807, 2.05) is 110 Å². The highest BCUT2D eigenvalue weighted by atomic mass is 31.2. The van der Waals surface area contributed by atoms with E-state index in [9.17, 15) is 24.3 Å². The zero-order valence-corrected chi connectivity index (χ0v) is 33.7. The van der Waals surface area contributed by atoms with Crippen molar-refractivity contribution >= 4 is 60.3 Å². The molecular formula is C43H49N2O7PSi. The maximum absolute atomic E-state index is 14.8. The number of rotatable bonds is 13. The second-order valence-electron chi connectivity index (χ2n) is 15.6. The average molecular weight is 765 g/mol. The van der Waals surface area contributed by atoms with Gasteiger partial charge in [0, 0.05) is 25.4 Å². The molecular weight excluding hydrogens is 716 g/mol. The Labute approximate surface area is 319 Å². The van der Waals surface area contributed by atoms with Gasteiger partial charge in [-0.1, -0.05) is 136 Å². The summed E-state index contributed by atoms with van der Waals surface area (Å²) in [5, 5.41) is 13.7. The van der Waals surface area contributed by atoms with Crippen LogP contribution in [0.3, 0.4) is 0 Å². The molecule has 282 valence electrons. The summed E-state index contributed by atoms with van der Waals surface area (Å²) in [6.45, 7) is 10.5. The Morgan fingerprint density at radius 2 is 1.35 bits per heavy atom. The minimum Gasteiger partial charge on any atom is -0.477 e. The normalized spacial score (nSPS) is 18.2. The average Bonchev–Trinajstić information content (AvgIpc) is 3.55. The van der Waals surface area contributed by atoms with Crippen LogP contribution in [0.15, 0.2) is 115 Å². The molecule has 0 spiro atoms. The maximum atomic E-state index is 14.8. The fourth-order valence-corrected chi connectivity index (χ4v) is 13.1. The van der Waals surface area contributed by atoms with E-state index in [2.05, 4.69) is 33.9 Å². The molecule has 0 unspecified atom stereocenters. The lowest BCUT2D eigenvalue weighted by Crippen LogP contribution is -2.69. The predicted octanol–water partition coefficient (Wildman–Crippen LogP) is 6.66. The molecule has 0 bridgehead atoms. The van der Waals surface area contributed by atoms with E-state index in [0.717, 1.165) is 21.5 Å². The smallest absolute Gasteiger partial charge is 0.410 e. The van der Waals surface area contributed by atoms with E-state index in [1.54, 1.807) is 17.0 Å². The Bertz CT molecular complexity index is 1960. The van der Waals surface area contributed by atoms with E-state index in [1.165, 1.54) is 4.90 Å². The predicted molar refractivity (Wildman–Crippen MR) is 217 cm³/mol. The van der Waals surface area contributed by atoms with Crippen LogP contribution in [0.2, 0.25) is 18.1 Å². The maximum Gasteiger partial charge on any atom is 0.410 e. The van der Waals surface area contributed by atoms with Crippen LogP contribution in [0.1, 0.15) is 50.0 Å². The summed E-state index contributed by atoms with van der Waals surface area (Å²) in [4.78, 5) is 58.2. The summed E-state index contributed by atoms with van der Waals surface area (Å²) < 4.78 is 11.9. The van der Waals surface area contributed by atoms with E-state index in [0.29, 0.717) is 25.3 Å². The van der Waals surface area contributed by atoms with E-state index in [4.69, 9.17) is 9.16 Å². The number of carboxylic acids is 1. The molecule has 2 aliphatic rings. The van der Waals surface area contributed by atoms with Crippen LogP contribution in [0.25, 0.3) is 0 Å². The largest absolute Gasteiger partial charge is 0.477 e. The highest BCUT2D eigenvalue weighted by molar-refractivity contribution is 7.96. The number of carbonyl (C=O) groups excluding carboxylic acids is 3. The van der Waals surface area contributed by atoms with E-state index >= 15 is 0 Å². The lowest BCUT2D eigenvalue weighted by Gasteiger charge is -2.52. The number of likely N-dealkylation sites (tertiary alicyclic amines) is 1. The molecule has 0 aliphatic carbocycles. The number of cyclic esters (lactones) is 1. The van der Waals surface area contributed by atoms with E-state index < -0.39 is 39.2 Å². The van der Waals surface area contributed by atoms with Crippen molar-refractivity contribution in [3.63, 3.8) is 0 Å². The first-order chi connectivity index (χ1) is 25.7. The molecule has 2 amide bonds. The fourth-order valence-electron chi connectivity index (χ4n) is 7.35. The number of carboxylic acid groups (broad SMARTS) is 1. The topological polar surface area (TPSA) is 113 Å². The van der Waals surface area contributed by atoms with Gasteiger partial charge in [-0.15, -0.1) is 0 Å². The van der Waals surface area contributed by atoms with Crippen LogP contribution in [-0.2, 0) is 25.3 Å². The van der Waals surface area contributed by atoms with Crippen LogP contribution >= 0.6 is 6.89 Å². The number of Topliss-reactive ketones (excluding diaryl/α,β-unsaturated/α-hetero) is 1. The van der Waals surface area contributed by atoms with Crippen molar-refractivity contribution in [1.82, 2.24) is 9.80 Å². The molecule has 4 aromatic rings. The Hall–Kier alpha value is -4.76. The summed E-state index contributed by atoms with van der Waals surface area (Å²) in [6.07, 6.45) is -1.03. The number of ketones is 1. The molecule has 2 fully saturated rings. The van der Waals surface area contributed by atoms with Gasteiger partial charge in [0.25, 0.3) is 0 Å². The van der Waals surface area contributed by atoms with Crippen molar-refractivity contribution in [3.8, 4) is 0 Å². The molecule has 54 heavy (non-hydrogen) atoms. The van der Waals surface area contributed by atoms with E-state index in [-0.39, 0.29) is 34.7 Å². The van der Waals surface area contributed by atoms with Gasteiger partial charge in [0.15, 0.2) is 14.1 Å². The van der Waals surface area contributed by atoms with Crippen molar-refractivity contribution in [2.24, 2.45) is 5.92 Å². The van der Waals surface area contributed by atoms with Gasteiger partial charge in [-0.05, 0) is 46.5 Å². The Balaban J connectivity index is 1.51. The number of nitrogens with zero attached hydrogens (tertiary/aromatic N) is 2. The van der Waals surface area contributed by atoms with Crippen molar-refractivity contribution in [3.05, 3.63) is 126 Å². The summed E-state index contributed by atoms with van der Waals surface area (Å²) in [5.41, 5.74) is 1.26. The molecule has 6 rings (SSSR count). The number of aliphatic carboxylic acids is 1. The molecule has 4 aromatic carbocycles. The molecule has 9 nitrogen and oxygen atoms in total. The number of hydrogen-bond acceptors (Lipinski definition) is 6. The molecule has 2 aliphatic heterocycles. The van der Waals surface area contributed by atoms with Gasteiger partial charge in [-0.25, -0.2) is 9.59 Å². The number of β-lactam (4-membered cyclic amide) rings is 1. The lowest BCUT2D eigenvalue weighted by atomic mass is 9.79. The number of hydrogen-bond donors (Lipinski definition) is 1. The molecule has 3 atom stereocenters. The summed E-state index contributed by atoms with van der Waals surface area (Å²) in [7, 11) is -2.38. The van der Waals surface area contributed by atoms with Crippen LogP contribution in [0, 0.1) is 5.92 Å². The first-order valence-electron chi connectivity index (χ1n) is 18.4. The monoisotopic (exact) mass is 764 g/mol. The fraction of sp³-hybridized carbons (Fsp3) is 0.326. The summed E-state index contributed by atoms with van der Waals surface area (Å²) in [6, 6.07) is 34.9. The summed E-state index contributed by atoms with van der Waals surface area (Å²) >= 11 is 0. The molecule has 11 heteroatoms. The van der Waals surface area contributed by atoms with Gasteiger partial charge in [0.2, 0.25) is 5.91 Å². The highest BCUT2D eigenvalue weighted by Gasteiger charge is 2.57. The Kier molecular flexibility index (Phi) is 11.2. The molecule has 2 saturated heterocycles. The second kappa shape index (κ2) is 15.5. The van der Waals surface area contributed by atoms with Crippen LogP contribution < -0.4 is 15.9 Å². The Morgan fingerprint density at radius 3 is 1.78 bits per heavy atom. The SMILES string of the molecule is C[C@@H](O[Si](C)(C)C(C)(C)C)[C@H]1C(=O)N(C(C(=O)O)=P(c2ccccc2)(c2ccccc2)c2ccccc2)[C@@H]1CC(=O)c1ccc(CN2CCOC2=O)cc1. The van der Waals surface area contributed by atoms with Gasteiger partial charge in [0.05, 0.1) is 24.6 Å². The van der Waals surface area contributed by atoms with Crippen LogP contribution in [-0.4, -0.2) is 77.7 Å². The number of benzene rings is 4. The van der Waals surface area contributed by atoms with Gasteiger partial charge >= 0.3 is 12.1 Å². The number of carbonyl (C=O) groups is 4. The molecule has 0 saturated carbocycles. The molecule has 0 aromatic heterocycles.